The summed E-state index contributed by atoms with van der Waals surface area (Å²) in [7, 11) is 0. The summed E-state index contributed by atoms with van der Waals surface area (Å²) in [4.78, 5) is 8.94. The minimum atomic E-state index is 0.682. The summed E-state index contributed by atoms with van der Waals surface area (Å²) in [6.07, 6.45) is 1.79. The molecule has 1 heterocycles. The lowest BCUT2D eigenvalue weighted by atomic mass is 10.2. The number of hydrogen-bond donors (Lipinski definition) is 1. The van der Waals surface area contributed by atoms with Crippen LogP contribution in [0.4, 0.5) is 0 Å². The first-order valence-corrected chi connectivity index (χ1v) is 6.85. The Morgan fingerprint density at radius 1 is 0.950 bits per heavy atom. The van der Waals surface area contributed by atoms with Crippen molar-refractivity contribution in [3.8, 4) is 0 Å². The van der Waals surface area contributed by atoms with E-state index in [1.54, 1.807) is 6.20 Å². The molecule has 0 saturated heterocycles. The Bertz CT molecular complexity index is 713. The minimum absolute atomic E-state index is 0.682. The molecule has 100 valence electrons. The molecule has 0 aliphatic heterocycles. The molecule has 0 spiro atoms. The van der Waals surface area contributed by atoms with Gasteiger partial charge in [-0.1, -0.05) is 41.9 Å². The zero-order valence-electron chi connectivity index (χ0n) is 10.9. The SMILES string of the molecule is Clc1ccc2nc(CNCc3ccccc3)cnc2c1. The second-order valence-electron chi connectivity index (χ2n) is 4.58. The fourth-order valence-electron chi connectivity index (χ4n) is 2.04. The highest BCUT2D eigenvalue weighted by atomic mass is 35.5. The monoisotopic (exact) mass is 283 g/mol. The molecule has 3 rings (SSSR count). The second-order valence-corrected chi connectivity index (χ2v) is 5.02. The average molecular weight is 284 g/mol. The molecule has 0 fully saturated rings. The summed E-state index contributed by atoms with van der Waals surface area (Å²) >= 11 is 5.93. The first-order chi connectivity index (χ1) is 9.81. The lowest BCUT2D eigenvalue weighted by Gasteiger charge is -2.05. The summed E-state index contributed by atoms with van der Waals surface area (Å²) in [6, 6.07) is 15.8. The molecule has 0 aliphatic carbocycles. The Morgan fingerprint density at radius 3 is 2.65 bits per heavy atom. The summed E-state index contributed by atoms with van der Waals surface area (Å²) in [5.41, 5.74) is 3.88. The molecule has 1 aromatic heterocycles. The van der Waals surface area contributed by atoms with Gasteiger partial charge in [0.25, 0.3) is 0 Å². The number of aromatic nitrogens is 2. The molecular formula is C16H14ClN3. The lowest BCUT2D eigenvalue weighted by molar-refractivity contribution is 0.679. The summed E-state index contributed by atoms with van der Waals surface area (Å²) in [5, 5.41) is 4.05. The number of benzene rings is 2. The third-order valence-corrected chi connectivity index (χ3v) is 3.27. The molecule has 0 bridgehead atoms. The largest absolute Gasteiger partial charge is 0.307 e. The van der Waals surface area contributed by atoms with Crippen LogP contribution in [0, 0.1) is 0 Å². The van der Waals surface area contributed by atoms with Crippen molar-refractivity contribution >= 4 is 22.6 Å². The number of fused-ring (bicyclic) bond motifs is 1. The first kappa shape index (κ1) is 13.0. The van der Waals surface area contributed by atoms with Crippen molar-refractivity contribution in [3.05, 3.63) is 71.0 Å². The topological polar surface area (TPSA) is 37.8 Å². The van der Waals surface area contributed by atoms with Crippen LogP contribution in [-0.4, -0.2) is 9.97 Å². The van der Waals surface area contributed by atoms with Gasteiger partial charge in [-0.3, -0.25) is 4.98 Å². The van der Waals surface area contributed by atoms with E-state index in [9.17, 15) is 0 Å². The minimum Gasteiger partial charge on any atom is -0.307 e. The maximum atomic E-state index is 5.93. The zero-order chi connectivity index (χ0) is 13.8. The highest BCUT2D eigenvalue weighted by Gasteiger charge is 2.01. The summed E-state index contributed by atoms with van der Waals surface area (Å²) in [6.45, 7) is 1.52. The van der Waals surface area contributed by atoms with Gasteiger partial charge in [0.15, 0.2) is 0 Å². The van der Waals surface area contributed by atoms with Crippen LogP contribution in [0.3, 0.4) is 0 Å². The molecule has 0 radical (unpaired) electrons. The first-order valence-electron chi connectivity index (χ1n) is 6.47. The van der Waals surface area contributed by atoms with Crippen LogP contribution in [0.2, 0.25) is 5.02 Å². The molecule has 0 amide bonds. The quantitative estimate of drug-likeness (QED) is 0.795. The normalized spacial score (nSPS) is 10.8. The molecule has 2 aromatic carbocycles. The van der Waals surface area contributed by atoms with Gasteiger partial charge in [-0.05, 0) is 23.8 Å². The molecule has 0 unspecified atom stereocenters. The van der Waals surface area contributed by atoms with E-state index in [0.29, 0.717) is 11.6 Å². The van der Waals surface area contributed by atoms with E-state index in [2.05, 4.69) is 27.4 Å². The van der Waals surface area contributed by atoms with Crippen LogP contribution in [0.25, 0.3) is 11.0 Å². The van der Waals surface area contributed by atoms with Crippen molar-refractivity contribution in [2.45, 2.75) is 13.1 Å². The highest BCUT2D eigenvalue weighted by Crippen LogP contribution is 2.15. The average Bonchev–Trinajstić information content (AvgIpc) is 2.48. The van der Waals surface area contributed by atoms with Crippen LogP contribution in [0.5, 0.6) is 0 Å². The van der Waals surface area contributed by atoms with Gasteiger partial charge in [0.05, 0.1) is 22.9 Å². The van der Waals surface area contributed by atoms with Crippen LogP contribution in [-0.2, 0) is 13.1 Å². The Hall–Kier alpha value is -1.97. The zero-order valence-corrected chi connectivity index (χ0v) is 11.6. The predicted molar refractivity (Wildman–Crippen MR) is 81.5 cm³/mol. The number of hydrogen-bond acceptors (Lipinski definition) is 3. The number of rotatable bonds is 4. The summed E-state index contributed by atoms with van der Waals surface area (Å²) in [5.74, 6) is 0. The van der Waals surface area contributed by atoms with Gasteiger partial charge >= 0.3 is 0 Å². The standard InChI is InChI=1S/C16H14ClN3/c17-13-6-7-15-16(8-13)19-11-14(20-15)10-18-9-12-4-2-1-3-5-12/h1-8,11,18H,9-10H2. The predicted octanol–water partition coefficient (Wildman–Crippen LogP) is 3.57. The van der Waals surface area contributed by atoms with E-state index in [4.69, 9.17) is 11.6 Å². The van der Waals surface area contributed by atoms with Gasteiger partial charge in [0.2, 0.25) is 0 Å². The molecule has 0 saturated carbocycles. The highest BCUT2D eigenvalue weighted by molar-refractivity contribution is 6.31. The van der Waals surface area contributed by atoms with Crippen molar-refractivity contribution in [1.82, 2.24) is 15.3 Å². The van der Waals surface area contributed by atoms with Gasteiger partial charge in [-0.2, -0.15) is 0 Å². The molecule has 0 aliphatic rings. The van der Waals surface area contributed by atoms with Crippen molar-refractivity contribution in [2.24, 2.45) is 0 Å². The van der Waals surface area contributed by atoms with Gasteiger partial charge in [0.1, 0.15) is 0 Å². The molecular weight excluding hydrogens is 270 g/mol. The third-order valence-electron chi connectivity index (χ3n) is 3.03. The third kappa shape index (κ3) is 3.13. The van der Waals surface area contributed by atoms with E-state index in [-0.39, 0.29) is 0 Å². The Labute approximate surface area is 122 Å². The van der Waals surface area contributed by atoms with E-state index >= 15 is 0 Å². The van der Waals surface area contributed by atoms with E-state index in [1.165, 1.54) is 5.56 Å². The second kappa shape index (κ2) is 5.99. The molecule has 1 N–H and O–H groups in total. The van der Waals surface area contributed by atoms with Crippen molar-refractivity contribution in [2.75, 3.05) is 0 Å². The fraction of sp³-hybridized carbons (Fsp3) is 0.125. The Balaban J connectivity index is 1.67. The van der Waals surface area contributed by atoms with Gasteiger partial charge in [-0.15, -0.1) is 0 Å². The van der Waals surface area contributed by atoms with Crippen LogP contribution >= 0.6 is 11.6 Å². The Morgan fingerprint density at radius 2 is 1.80 bits per heavy atom. The fourth-order valence-corrected chi connectivity index (χ4v) is 2.20. The van der Waals surface area contributed by atoms with Crippen molar-refractivity contribution in [1.29, 1.82) is 0 Å². The van der Waals surface area contributed by atoms with E-state index < -0.39 is 0 Å². The van der Waals surface area contributed by atoms with Crippen LogP contribution in [0.1, 0.15) is 11.3 Å². The maximum Gasteiger partial charge on any atom is 0.0901 e. The molecule has 0 atom stereocenters. The molecule has 3 nitrogen and oxygen atoms in total. The molecule has 3 aromatic rings. The van der Waals surface area contributed by atoms with Gasteiger partial charge in [-0.25, -0.2) is 4.98 Å². The summed E-state index contributed by atoms with van der Waals surface area (Å²) < 4.78 is 0. The van der Waals surface area contributed by atoms with Crippen molar-refractivity contribution < 1.29 is 0 Å². The van der Waals surface area contributed by atoms with E-state index in [1.807, 2.05) is 36.4 Å². The van der Waals surface area contributed by atoms with Crippen molar-refractivity contribution in [3.63, 3.8) is 0 Å². The number of nitrogens with zero attached hydrogens (tertiary/aromatic N) is 2. The van der Waals surface area contributed by atoms with Crippen LogP contribution in [0.15, 0.2) is 54.7 Å². The molecule has 20 heavy (non-hydrogen) atoms. The number of nitrogens with one attached hydrogen (secondary N) is 1. The maximum absolute atomic E-state index is 5.93. The molecule has 4 heteroatoms. The number of halogens is 1. The van der Waals surface area contributed by atoms with Gasteiger partial charge < -0.3 is 5.32 Å². The Kier molecular flexibility index (Phi) is 3.90. The van der Waals surface area contributed by atoms with Gasteiger partial charge in [0, 0.05) is 18.1 Å². The smallest absolute Gasteiger partial charge is 0.0901 e. The lowest BCUT2D eigenvalue weighted by Crippen LogP contribution is -2.13. The van der Waals surface area contributed by atoms with Crippen LogP contribution < -0.4 is 5.32 Å². The van der Waals surface area contributed by atoms with E-state index in [0.717, 1.165) is 23.3 Å².